The summed E-state index contributed by atoms with van der Waals surface area (Å²) >= 11 is 1.57. The number of methoxy groups -OCH3 is 2. The zero-order valence-corrected chi connectivity index (χ0v) is 18.6. The van der Waals surface area contributed by atoms with Crippen LogP contribution in [-0.2, 0) is 26.1 Å². The van der Waals surface area contributed by atoms with E-state index in [9.17, 15) is 4.79 Å². The largest absolute Gasteiger partial charge is 0.493 e. The molecule has 0 amide bonds. The van der Waals surface area contributed by atoms with E-state index in [1.165, 1.54) is 11.1 Å². The number of ether oxygens (including phenoxy) is 4. The van der Waals surface area contributed by atoms with Crippen molar-refractivity contribution in [3.8, 4) is 11.5 Å². The molecule has 2 fully saturated rings. The Morgan fingerprint density at radius 2 is 2.17 bits per heavy atom. The second-order valence-corrected chi connectivity index (χ2v) is 10.3. The minimum Gasteiger partial charge on any atom is -0.493 e. The Kier molecular flexibility index (Phi) is 3.78. The standard InChI is InChI=1S/C23H27NO5S/c1-5-28-19(25)18-21-8-9-23(27-4,30-18)20-22(21)10-11-24(2)15(21)12-13-6-7-14(26-3)17(29-20)16(13)22/h6-9,15,18,20H,5,10-12H2,1-4H3/t15-,18?,20-,21?,22+,23?/m1/s1. The number of rotatable bonds is 4. The number of hydrogen-bond donors (Lipinski definition) is 0. The highest BCUT2D eigenvalue weighted by atomic mass is 32.2. The third-order valence-electron chi connectivity index (χ3n) is 8.20. The number of carbonyl (C=O) groups is 1. The summed E-state index contributed by atoms with van der Waals surface area (Å²) in [5, 5.41) is -0.347. The van der Waals surface area contributed by atoms with E-state index < -0.39 is 10.3 Å². The van der Waals surface area contributed by atoms with Crippen LogP contribution >= 0.6 is 11.8 Å². The molecule has 1 aromatic rings. The van der Waals surface area contributed by atoms with Crippen molar-refractivity contribution >= 4 is 17.7 Å². The number of likely N-dealkylation sites (N-methyl/N-ethyl adjacent to an activating group) is 1. The number of piperidine rings is 1. The molecule has 4 aliphatic heterocycles. The first-order valence-corrected chi connectivity index (χ1v) is 11.5. The summed E-state index contributed by atoms with van der Waals surface area (Å²) in [7, 11) is 5.58. The van der Waals surface area contributed by atoms with E-state index in [2.05, 4.69) is 30.2 Å². The zero-order chi connectivity index (χ0) is 20.9. The van der Waals surface area contributed by atoms with Gasteiger partial charge in [0.1, 0.15) is 5.25 Å². The fourth-order valence-electron chi connectivity index (χ4n) is 7.10. The fraction of sp³-hybridized carbons (Fsp3) is 0.609. The highest BCUT2D eigenvalue weighted by Gasteiger charge is 2.81. The van der Waals surface area contributed by atoms with Crippen LogP contribution in [0.1, 0.15) is 24.5 Å². The van der Waals surface area contributed by atoms with Gasteiger partial charge in [0.15, 0.2) is 22.5 Å². The molecule has 3 unspecified atom stereocenters. The Labute approximate surface area is 180 Å². The lowest BCUT2D eigenvalue weighted by Crippen LogP contribution is -2.80. The highest BCUT2D eigenvalue weighted by Crippen LogP contribution is 2.76. The van der Waals surface area contributed by atoms with Crippen LogP contribution in [0.25, 0.3) is 0 Å². The van der Waals surface area contributed by atoms with Gasteiger partial charge in [-0.1, -0.05) is 12.1 Å². The number of esters is 1. The zero-order valence-electron chi connectivity index (χ0n) is 17.8. The normalized spacial score (nSPS) is 41.9. The van der Waals surface area contributed by atoms with Gasteiger partial charge in [-0.05, 0) is 51.1 Å². The predicted molar refractivity (Wildman–Crippen MR) is 113 cm³/mol. The monoisotopic (exact) mass is 429 g/mol. The quantitative estimate of drug-likeness (QED) is 0.539. The topological polar surface area (TPSA) is 57.2 Å². The molecule has 6 atom stereocenters. The summed E-state index contributed by atoms with van der Waals surface area (Å²) < 4.78 is 24.2. The van der Waals surface area contributed by atoms with Crippen LogP contribution in [0, 0.1) is 5.41 Å². The predicted octanol–water partition coefficient (Wildman–Crippen LogP) is 2.53. The fourth-order valence-corrected chi connectivity index (χ4v) is 8.89. The molecule has 6 aliphatic rings. The van der Waals surface area contributed by atoms with Crippen molar-refractivity contribution in [3.05, 3.63) is 35.4 Å². The number of carbonyl (C=O) groups excluding carboxylic acids is 1. The Morgan fingerprint density at radius 3 is 2.90 bits per heavy atom. The van der Waals surface area contributed by atoms with Gasteiger partial charge in [0.2, 0.25) is 0 Å². The molecule has 1 aromatic carbocycles. The molecule has 2 saturated heterocycles. The molecule has 0 radical (unpaired) electrons. The van der Waals surface area contributed by atoms with Crippen molar-refractivity contribution in [1.29, 1.82) is 0 Å². The van der Waals surface area contributed by atoms with Crippen molar-refractivity contribution in [1.82, 2.24) is 4.90 Å². The number of likely N-dealkylation sites (tertiary alicyclic amines) is 1. The van der Waals surface area contributed by atoms with Crippen LogP contribution in [0.5, 0.6) is 11.5 Å². The molecule has 7 rings (SSSR count). The molecule has 6 nitrogen and oxygen atoms in total. The van der Waals surface area contributed by atoms with Crippen LogP contribution < -0.4 is 9.47 Å². The number of hydrogen-bond acceptors (Lipinski definition) is 7. The van der Waals surface area contributed by atoms with Crippen molar-refractivity contribution in [2.45, 2.75) is 47.5 Å². The highest BCUT2D eigenvalue weighted by molar-refractivity contribution is 8.02. The van der Waals surface area contributed by atoms with Crippen molar-refractivity contribution in [3.63, 3.8) is 0 Å². The molecule has 0 aromatic heterocycles. The van der Waals surface area contributed by atoms with E-state index in [0.717, 1.165) is 30.9 Å². The van der Waals surface area contributed by atoms with E-state index in [0.29, 0.717) is 6.61 Å². The van der Waals surface area contributed by atoms with E-state index in [4.69, 9.17) is 18.9 Å². The number of nitrogens with zero attached hydrogens (tertiary/aromatic N) is 1. The van der Waals surface area contributed by atoms with E-state index in [-0.39, 0.29) is 28.8 Å². The summed E-state index contributed by atoms with van der Waals surface area (Å²) in [6, 6.07) is 4.39. The smallest absolute Gasteiger partial charge is 0.320 e. The molecule has 160 valence electrons. The van der Waals surface area contributed by atoms with E-state index >= 15 is 0 Å². The van der Waals surface area contributed by atoms with Crippen LogP contribution in [0.15, 0.2) is 24.3 Å². The Balaban J connectivity index is 1.69. The maximum Gasteiger partial charge on any atom is 0.320 e. The average Bonchev–Trinajstić information content (AvgIpc) is 3.13. The molecule has 0 saturated carbocycles. The summed E-state index contributed by atoms with van der Waals surface area (Å²) in [4.78, 5) is 15.1. The third-order valence-corrected chi connectivity index (χ3v) is 9.90. The minimum atomic E-state index is -0.738. The van der Waals surface area contributed by atoms with Gasteiger partial charge in [-0.25, -0.2) is 0 Å². The van der Waals surface area contributed by atoms with Gasteiger partial charge in [-0.3, -0.25) is 4.79 Å². The van der Waals surface area contributed by atoms with Crippen LogP contribution in [-0.4, -0.2) is 67.6 Å². The van der Waals surface area contributed by atoms with Gasteiger partial charge in [0.05, 0.1) is 19.1 Å². The van der Waals surface area contributed by atoms with E-state index in [1.54, 1.807) is 26.0 Å². The number of fused-ring (bicyclic) bond motifs is 1. The summed E-state index contributed by atoms with van der Waals surface area (Å²) in [6.07, 6.45) is 6.00. The van der Waals surface area contributed by atoms with Gasteiger partial charge < -0.3 is 23.8 Å². The third kappa shape index (κ3) is 1.82. The van der Waals surface area contributed by atoms with Crippen molar-refractivity contribution in [2.75, 3.05) is 34.4 Å². The lowest BCUT2D eigenvalue weighted by atomic mass is 9.43. The maximum atomic E-state index is 13.4. The molecule has 2 aliphatic carbocycles. The van der Waals surface area contributed by atoms with Gasteiger partial charge in [-0.2, -0.15) is 0 Å². The summed E-state index contributed by atoms with van der Waals surface area (Å²) in [6.45, 7) is 3.20. The first-order chi connectivity index (χ1) is 14.5. The Hall–Kier alpha value is -1.70. The van der Waals surface area contributed by atoms with Crippen LogP contribution in [0.3, 0.4) is 0 Å². The number of benzene rings is 1. The molecular formula is C23H27NO5S. The van der Waals surface area contributed by atoms with Crippen molar-refractivity contribution in [2.24, 2.45) is 5.41 Å². The maximum absolute atomic E-state index is 13.4. The molecule has 30 heavy (non-hydrogen) atoms. The molecular weight excluding hydrogens is 402 g/mol. The second kappa shape index (κ2) is 5.96. The molecule has 0 N–H and O–H groups in total. The lowest BCUT2D eigenvalue weighted by Gasteiger charge is -2.70. The summed E-state index contributed by atoms with van der Waals surface area (Å²) in [5.74, 6) is 1.45. The van der Waals surface area contributed by atoms with Crippen molar-refractivity contribution < 1.29 is 23.7 Å². The molecule has 4 heterocycles. The van der Waals surface area contributed by atoms with Gasteiger partial charge >= 0.3 is 5.97 Å². The van der Waals surface area contributed by atoms with Crippen LogP contribution in [0.2, 0.25) is 0 Å². The first kappa shape index (κ1) is 19.0. The number of thioether (sulfide) groups is 1. The van der Waals surface area contributed by atoms with Crippen LogP contribution in [0.4, 0.5) is 0 Å². The summed E-state index contributed by atoms with van der Waals surface area (Å²) in [5.41, 5.74) is 1.79. The molecule has 4 bridgehead atoms. The lowest BCUT2D eigenvalue weighted by molar-refractivity contribution is -0.160. The van der Waals surface area contributed by atoms with Gasteiger partial charge in [-0.15, -0.1) is 11.8 Å². The second-order valence-electron chi connectivity index (χ2n) is 8.99. The average molecular weight is 430 g/mol. The Morgan fingerprint density at radius 1 is 1.33 bits per heavy atom. The minimum absolute atomic E-state index is 0.147. The van der Waals surface area contributed by atoms with E-state index in [1.807, 2.05) is 13.0 Å². The first-order valence-electron chi connectivity index (χ1n) is 10.7. The molecule has 7 heteroatoms. The van der Waals surface area contributed by atoms with Gasteiger partial charge in [0.25, 0.3) is 0 Å². The van der Waals surface area contributed by atoms with Gasteiger partial charge in [0, 0.05) is 24.1 Å². The Bertz CT molecular complexity index is 981. The molecule has 2 spiro atoms. The SMILES string of the molecule is CCOC(=O)C1SC2(OC)C=CC13[C@H]1Cc4ccc(OC)c5c4[C@@]3(CCN1C)[C@H]2O5.